The van der Waals surface area contributed by atoms with E-state index in [0.29, 0.717) is 5.15 Å². The SMILES string of the molecule is Cc1cc(C(C)Nc2ccc(Cl)nc2-c2cccnc2)c2c(c1)c(=O)n1c3c2cnn3CCC1. The number of fused-ring (bicyclic) bond motifs is 2. The van der Waals surface area contributed by atoms with Crippen LogP contribution in [-0.4, -0.2) is 24.3 Å². The van der Waals surface area contributed by atoms with Gasteiger partial charge in [-0.3, -0.25) is 14.3 Å². The smallest absolute Gasteiger partial charge is 0.260 e. The van der Waals surface area contributed by atoms with Crippen molar-refractivity contribution in [2.75, 3.05) is 5.32 Å². The maximum absolute atomic E-state index is 13.5. The number of benzene rings is 1. The highest BCUT2D eigenvalue weighted by Crippen LogP contribution is 2.35. The third-order valence-electron chi connectivity index (χ3n) is 6.51. The minimum atomic E-state index is -0.106. The fourth-order valence-electron chi connectivity index (χ4n) is 5.04. The van der Waals surface area contributed by atoms with Crippen LogP contribution in [0.1, 0.15) is 30.5 Å². The molecular formula is C26H23ClN6O. The summed E-state index contributed by atoms with van der Waals surface area (Å²) in [6.07, 6.45) is 6.31. The number of aromatic nitrogens is 5. The molecule has 170 valence electrons. The highest BCUT2D eigenvalue weighted by atomic mass is 35.5. The van der Waals surface area contributed by atoms with E-state index in [0.717, 1.165) is 69.4 Å². The van der Waals surface area contributed by atoms with Crippen LogP contribution in [0.5, 0.6) is 0 Å². The van der Waals surface area contributed by atoms with Crippen molar-refractivity contribution in [3.63, 3.8) is 0 Å². The maximum Gasteiger partial charge on any atom is 0.260 e. The summed E-state index contributed by atoms with van der Waals surface area (Å²) in [5.41, 5.74) is 5.51. The van der Waals surface area contributed by atoms with E-state index < -0.39 is 0 Å². The second kappa shape index (κ2) is 7.95. The molecule has 8 heteroatoms. The molecule has 1 unspecified atom stereocenters. The topological polar surface area (TPSA) is 77.6 Å². The maximum atomic E-state index is 13.5. The van der Waals surface area contributed by atoms with Gasteiger partial charge in [0.1, 0.15) is 10.8 Å². The van der Waals surface area contributed by atoms with Crippen molar-refractivity contribution in [1.82, 2.24) is 24.3 Å². The Bertz CT molecular complexity index is 1620. The Labute approximate surface area is 201 Å². The monoisotopic (exact) mass is 470 g/mol. The molecule has 0 radical (unpaired) electrons. The fourth-order valence-corrected chi connectivity index (χ4v) is 5.19. The van der Waals surface area contributed by atoms with Crippen LogP contribution in [0.15, 0.2) is 59.8 Å². The molecule has 1 aliphatic heterocycles. The van der Waals surface area contributed by atoms with Crippen LogP contribution >= 0.6 is 11.6 Å². The van der Waals surface area contributed by atoms with Gasteiger partial charge in [0.05, 0.1) is 17.6 Å². The van der Waals surface area contributed by atoms with Crippen LogP contribution in [0.4, 0.5) is 5.69 Å². The quantitative estimate of drug-likeness (QED) is 0.358. The minimum Gasteiger partial charge on any atom is -0.377 e. The van der Waals surface area contributed by atoms with Gasteiger partial charge < -0.3 is 5.32 Å². The van der Waals surface area contributed by atoms with Crippen LogP contribution in [0.25, 0.3) is 33.1 Å². The Morgan fingerprint density at radius 2 is 2.00 bits per heavy atom. The van der Waals surface area contributed by atoms with Gasteiger partial charge in [-0.2, -0.15) is 5.10 Å². The Hall–Kier alpha value is -3.71. The molecule has 1 atom stereocenters. The first kappa shape index (κ1) is 20.9. The summed E-state index contributed by atoms with van der Waals surface area (Å²) in [6, 6.07) is 11.6. The third-order valence-corrected chi connectivity index (χ3v) is 6.72. The van der Waals surface area contributed by atoms with Gasteiger partial charge in [-0.05, 0) is 61.7 Å². The van der Waals surface area contributed by atoms with Crippen LogP contribution in [0.3, 0.4) is 0 Å². The number of nitrogens with zero attached hydrogens (tertiary/aromatic N) is 5. The Morgan fingerprint density at radius 3 is 2.82 bits per heavy atom. The number of nitrogens with one attached hydrogen (secondary N) is 1. The molecule has 4 aromatic heterocycles. The summed E-state index contributed by atoms with van der Waals surface area (Å²) >= 11 is 6.23. The summed E-state index contributed by atoms with van der Waals surface area (Å²) in [5.74, 6) is 0. The third kappa shape index (κ3) is 3.27. The van der Waals surface area contributed by atoms with E-state index in [1.165, 1.54) is 0 Å². The molecule has 0 fully saturated rings. The summed E-state index contributed by atoms with van der Waals surface area (Å²) in [6.45, 7) is 5.68. The van der Waals surface area contributed by atoms with Crippen molar-refractivity contribution in [2.24, 2.45) is 0 Å². The molecule has 7 nitrogen and oxygen atoms in total. The lowest BCUT2D eigenvalue weighted by Gasteiger charge is -2.22. The summed E-state index contributed by atoms with van der Waals surface area (Å²) in [5, 5.41) is 11.3. The zero-order valence-electron chi connectivity index (χ0n) is 18.9. The molecule has 0 amide bonds. The van der Waals surface area contributed by atoms with Gasteiger partial charge in [-0.25, -0.2) is 9.67 Å². The Balaban J connectivity index is 1.53. The number of hydrogen-bond acceptors (Lipinski definition) is 5. The van der Waals surface area contributed by atoms with E-state index in [1.807, 2.05) is 46.6 Å². The molecule has 5 aromatic rings. The van der Waals surface area contributed by atoms with Crippen molar-refractivity contribution in [2.45, 2.75) is 39.4 Å². The second-order valence-corrected chi connectivity index (χ2v) is 9.22. The number of hydrogen-bond donors (Lipinski definition) is 1. The summed E-state index contributed by atoms with van der Waals surface area (Å²) < 4.78 is 3.82. The first-order valence-corrected chi connectivity index (χ1v) is 11.7. The largest absolute Gasteiger partial charge is 0.377 e. The lowest BCUT2D eigenvalue weighted by Crippen LogP contribution is -2.27. The van der Waals surface area contributed by atoms with Crippen LogP contribution in [-0.2, 0) is 13.1 Å². The van der Waals surface area contributed by atoms with Gasteiger partial charge in [0, 0.05) is 53.2 Å². The zero-order valence-corrected chi connectivity index (χ0v) is 19.7. The first-order valence-electron chi connectivity index (χ1n) is 11.4. The van der Waals surface area contributed by atoms with E-state index >= 15 is 0 Å². The minimum absolute atomic E-state index is 0.0466. The lowest BCUT2D eigenvalue weighted by molar-refractivity contribution is 0.485. The predicted molar refractivity (Wildman–Crippen MR) is 135 cm³/mol. The van der Waals surface area contributed by atoms with Crippen molar-refractivity contribution >= 4 is 39.1 Å². The molecule has 5 heterocycles. The Morgan fingerprint density at radius 1 is 1.12 bits per heavy atom. The van der Waals surface area contributed by atoms with Crippen molar-refractivity contribution in [3.05, 3.63) is 81.6 Å². The van der Waals surface area contributed by atoms with E-state index in [-0.39, 0.29) is 11.6 Å². The van der Waals surface area contributed by atoms with Gasteiger partial charge >= 0.3 is 0 Å². The Kier molecular flexibility index (Phi) is 4.88. The number of halogens is 1. The predicted octanol–water partition coefficient (Wildman–Crippen LogP) is 5.35. The summed E-state index contributed by atoms with van der Waals surface area (Å²) in [7, 11) is 0. The first-order chi connectivity index (χ1) is 16.5. The standard InChI is InChI=1S/C26H23ClN6O/c1-15-11-18(16(2)30-21-6-7-22(27)31-24(21)17-5-3-8-28-13-17)23-19(12-15)26(34)32-9-4-10-33-25(32)20(23)14-29-33/h3,5-8,11-14,16,30H,4,9-10H2,1-2H3. The summed E-state index contributed by atoms with van der Waals surface area (Å²) in [4.78, 5) is 22.3. The molecular weight excluding hydrogens is 448 g/mol. The van der Waals surface area contributed by atoms with E-state index in [2.05, 4.69) is 33.4 Å². The molecule has 6 rings (SSSR count). The van der Waals surface area contributed by atoms with Gasteiger partial charge in [-0.15, -0.1) is 0 Å². The molecule has 0 saturated heterocycles. The normalized spacial score (nSPS) is 14.0. The van der Waals surface area contributed by atoms with E-state index in [1.54, 1.807) is 18.5 Å². The van der Waals surface area contributed by atoms with Gasteiger partial charge in [0.25, 0.3) is 5.56 Å². The highest BCUT2D eigenvalue weighted by molar-refractivity contribution is 6.29. The van der Waals surface area contributed by atoms with Gasteiger partial charge in [0.15, 0.2) is 0 Å². The van der Waals surface area contributed by atoms with Crippen LogP contribution in [0, 0.1) is 6.92 Å². The number of anilines is 1. The number of pyridine rings is 3. The molecule has 1 aliphatic rings. The molecule has 0 saturated carbocycles. The highest BCUT2D eigenvalue weighted by Gasteiger charge is 2.23. The molecule has 1 aromatic carbocycles. The average molecular weight is 471 g/mol. The van der Waals surface area contributed by atoms with E-state index in [9.17, 15) is 4.79 Å². The van der Waals surface area contributed by atoms with Gasteiger partial charge in [-0.1, -0.05) is 17.7 Å². The fraction of sp³-hybridized carbons (Fsp3) is 0.231. The van der Waals surface area contributed by atoms with E-state index in [4.69, 9.17) is 11.6 Å². The van der Waals surface area contributed by atoms with Gasteiger partial charge in [0.2, 0.25) is 0 Å². The molecule has 0 bridgehead atoms. The lowest BCUT2D eigenvalue weighted by atomic mass is 9.95. The second-order valence-electron chi connectivity index (χ2n) is 8.83. The van der Waals surface area contributed by atoms with Crippen molar-refractivity contribution < 1.29 is 0 Å². The zero-order chi connectivity index (χ0) is 23.4. The van der Waals surface area contributed by atoms with Crippen molar-refractivity contribution in [1.29, 1.82) is 0 Å². The van der Waals surface area contributed by atoms with Crippen LogP contribution in [0.2, 0.25) is 5.15 Å². The molecule has 1 N–H and O–H groups in total. The molecule has 0 aliphatic carbocycles. The molecule has 0 spiro atoms. The van der Waals surface area contributed by atoms with Crippen LogP contribution < -0.4 is 10.9 Å². The average Bonchev–Trinajstić information content (AvgIpc) is 3.28. The number of aryl methyl sites for hydroxylation is 3. The molecule has 34 heavy (non-hydrogen) atoms. The number of rotatable bonds is 4. The van der Waals surface area contributed by atoms with Crippen molar-refractivity contribution in [3.8, 4) is 11.3 Å².